The molecule has 1 unspecified atom stereocenters. The average molecular weight is 269 g/mol. The molecule has 2 rings (SSSR count). The molecule has 0 radical (unpaired) electrons. The molecule has 0 spiro atoms. The van der Waals surface area contributed by atoms with Gasteiger partial charge in [-0.1, -0.05) is 22.0 Å². The van der Waals surface area contributed by atoms with Crippen LogP contribution in [0.15, 0.2) is 22.7 Å². The minimum atomic E-state index is 0.0158. The highest BCUT2D eigenvalue weighted by Gasteiger charge is 2.28. The van der Waals surface area contributed by atoms with Crippen molar-refractivity contribution in [1.82, 2.24) is 4.90 Å². The molecule has 0 fully saturated rings. The van der Waals surface area contributed by atoms with E-state index in [-0.39, 0.29) is 11.9 Å². The molecule has 1 heterocycles. The Bertz CT molecular complexity index is 404. The molecular formula is C11H13BrN2O. The molecule has 0 aromatic heterocycles. The lowest BCUT2D eigenvalue weighted by molar-refractivity contribution is 0.0771. The Hall–Kier alpha value is -0.870. The summed E-state index contributed by atoms with van der Waals surface area (Å²) in [5.41, 5.74) is 7.57. The quantitative estimate of drug-likeness (QED) is 0.889. The molecule has 80 valence electrons. The molecule has 0 bridgehead atoms. The van der Waals surface area contributed by atoms with Crippen molar-refractivity contribution in [3.63, 3.8) is 0 Å². The lowest BCUT2D eigenvalue weighted by atomic mass is 10.1. The first-order chi connectivity index (χ1) is 7.09. The summed E-state index contributed by atoms with van der Waals surface area (Å²) in [5.74, 6) is 0.0867. The first kappa shape index (κ1) is 10.6. The van der Waals surface area contributed by atoms with Gasteiger partial charge in [-0.05, 0) is 24.6 Å². The van der Waals surface area contributed by atoms with Gasteiger partial charge < -0.3 is 10.6 Å². The predicted molar refractivity (Wildman–Crippen MR) is 62.5 cm³/mol. The van der Waals surface area contributed by atoms with E-state index in [4.69, 9.17) is 5.73 Å². The highest BCUT2D eigenvalue weighted by molar-refractivity contribution is 9.10. The molecule has 15 heavy (non-hydrogen) atoms. The van der Waals surface area contributed by atoms with Crippen LogP contribution in [0.3, 0.4) is 0 Å². The van der Waals surface area contributed by atoms with E-state index in [0.29, 0.717) is 13.1 Å². The Balaban J connectivity index is 2.29. The molecule has 1 aromatic rings. The topological polar surface area (TPSA) is 46.3 Å². The van der Waals surface area contributed by atoms with Gasteiger partial charge in [0.2, 0.25) is 0 Å². The minimum absolute atomic E-state index is 0.0158. The number of nitrogens with zero attached hydrogens (tertiary/aromatic N) is 1. The molecule has 2 N–H and O–H groups in total. The summed E-state index contributed by atoms with van der Waals surface area (Å²) in [5, 5.41) is 0. The zero-order valence-corrected chi connectivity index (χ0v) is 10.1. The number of hydrogen-bond donors (Lipinski definition) is 1. The third-order valence-corrected chi connectivity index (χ3v) is 3.24. The third kappa shape index (κ3) is 1.92. The van der Waals surface area contributed by atoms with Crippen LogP contribution in [0.2, 0.25) is 0 Å². The van der Waals surface area contributed by atoms with Gasteiger partial charge >= 0.3 is 0 Å². The van der Waals surface area contributed by atoms with Gasteiger partial charge in [-0.2, -0.15) is 0 Å². The van der Waals surface area contributed by atoms with Crippen molar-refractivity contribution in [3.05, 3.63) is 33.8 Å². The fraction of sp³-hybridized carbons (Fsp3) is 0.364. The zero-order valence-electron chi connectivity index (χ0n) is 8.53. The lowest BCUT2D eigenvalue weighted by Gasteiger charge is -2.17. The van der Waals surface area contributed by atoms with Gasteiger partial charge in [-0.15, -0.1) is 0 Å². The number of carbonyl (C=O) groups is 1. The summed E-state index contributed by atoms with van der Waals surface area (Å²) in [4.78, 5) is 13.7. The van der Waals surface area contributed by atoms with Crippen molar-refractivity contribution in [2.45, 2.75) is 19.5 Å². The van der Waals surface area contributed by atoms with E-state index < -0.39 is 0 Å². The Morgan fingerprint density at radius 3 is 2.93 bits per heavy atom. The Morgan fingerprint density at radius 1 is 1.60 bits per heavy atom. The van der Waals surface area contributed by atoms with Gasteiger partial charge in [0.1, 0.15) is 0 Å². The number of halogens is 1. The largest absolute Gasteiger partial charge is 0.333 e. The molecule has 3 nitrogen and oxygen atoms in total. The van der Waals surface area contributed by atoms with Gasteiger partial charge in [0.05, 0.1) is 0 Å². The monoisotopic (exact) mass is 268 g/mol. The van der Waals surface area contributed by atoms with Crippen molar-refractivity contribution in [1.29, 1.82) is 0 Å². The van der Waals surface area contributed by atoms with E-state index in [1.807, 2.05) is 25.1 Å². The summed E-state index contributed by atoms with van der Waals surface area (Å²) in [6.45, 7) is 3.18. The summed E-state index contributed by atoms with van der Waals surface area (Å²) >= 11 is 3.46. The van der Waals surface area contributed by atoms with Crippen molar-refractivity contribution in [2.75, 3.05) is 6.54 Å². The molecule has 4 heteroatoms. The van der Waals surface area contributed by atoms with Crippen LogP contribution in [-0.2, 0) is 6.54 Å². The van der Waals surface area contributed by atoms with Gasteiger partial charge in [-0.3, -0.25) is 4.79 Å². The number of amides is 1. The van der Waals surface area contributed by atoms with Crippen LogP contribution in [0.5, 0.6) is 0 Å². The molecule has 1 aliphatic rings. The number of fused-ring (bicyclic) bond motifs is 1. The van der Waals surface area contributed by atoms with Crippen LogP contribution in [-0.4, -0.2) is 23.4 Å². The van der Waals surface area contributed by atoms with Gasteiger partial charge in [0.25, 0.3) is 5.91 Å². The molecule has 0 aliphatic carbocycles. The van der Waals surface area contributed by atoms with Crippen LogP contribution in [0.25, 0.3) is 0 Å². The fourth-order valence-electron chi connectivity index (χ4n) is 1.85. The number of hydrogen-bond acceptors (Lipinski definition) is 2. The second kappa shape index (κ2) is 3.94. The van der Waals surface area contributed by atoms with E-state index in [2.05, 4.69) is 15.9 Å². The number of carbonyl (C=O) groups excluding carboxylic acids is 1. The SMILES string of the molecule is CC(N)CN1Cc2c(Br)cccc2C1=O. The minimum Gasteiger partial charge on any atom is -0.333 e. The molecule has 0 saturated heterocycles. The van der Waals surface area contributed by atoms with E-state index in [1.165, 1.54) is 0 Å². The fourth-order valence-corrected chi connectivity index (χ4v) is 2.34. The number of benzene rings is 1. The zero-order chi connectivity index (χ0) is 11.0. The second-order valence-corrected chi connectivity index (χ2v) is 4.78. The average Bonchev–Trinajstić information content (AvgIpc) is 2.46. The maximum atomic E-state index is 11.9. The van der Waals surface area contributed by atoms with Crippen LogP contribution >= 0.6 is 15.9 Å². The van der Waals surface area contributed by atoms with Gasteiger partial charge in [0.15, 0.2) is 0 Å². The van der Waals surface area contributed by atoms with Crippen molar-refractivity contribution in [3.8, 4) is 0 Å². The van der Waals surface area contributed by atoms with Crippen LogP contribution in [0.4, 0.5) is 0 Å². The van der Waals surface area contributed by atoms with E-state index in [0.717, 1.165) is 15.6 Å². The molecule has 1 aromatic carbocycles. The standard InChI is InChI=1S/C11H13BrN2O/c1-7(13)5-14-6-9-8(11(14)15)3-2-4-10(9)12/h2-4,7H,5-6,13H2,1H3. The smallest absolute Gasteiger partial charge is 0.254 e. The second-order valence-electron chi connectivity index (χ2n) is 3.93. The van der Waals surface area contributed by atoms with E-state index >= 15 is 0 Å². The normalized spacial score (nSPS) is 16.7. The summed E-state index contributed by atoms with van der Waals surface area (Å²) in [6, 6.07) is 5.73. The highest BCUT2D eigenvalue weighted by atomic mass is 79.9. The first-order valence-corrected chi connectivity index (χ1v) is 5.71. The summed E-state index contributed by atoms with van der Waals surface area (Å²) in [6.07, 6.45) is 0. The summed E-state index contributed by atoms with van der Waals surface area (Å²) < 4.78 is 1.00. The van der Waals surface area contributed by atoms with Gasteiger partial charge in [-0.25, -0.2) is 0 Å². The Labute approximate surface area is 97.4 Å². The Kier molecular flexibility index (Phi) is 2.80. The number of rotatable bonds is 2. The van der Waals surface area contributed by atoms with Crippen molar-refractivity contribution >= 4 is 21.8 Å². The molecule has 1 amide bonds. The maximum Gasteiger partial charge on any atom is 0.254 e. The van der Waals surface area contributed by atoms with Crippen LogP contribution in [0.1, 0.15) is 22.8 Å². The maximum absolute atomic E-state index is 11.9. The van der Waals surface area contributed by atoms with E-state index in [1.54, 1.807) is 4.90 Å². The molecular weight excluding hydrogens is 256 g/mol. The third-order valence-electron chi connectivity index (χ3n) is 2.49. The highest BCUT2D eigenvalue weighted by Crippen LogP contribution is 2.29. The lowest BCUT2D eigenvalue weighted by Crippen LogP contribution is -2.35. The molecule has 1 aliphatic heterocycles. The van der Waals surface area contributed by atoms with Gasteiger partial charge in [0, 0.05) is 29.2 Å². The van der Waals surface area contributed by atoms with Crippen LogP contribution in [0, 0.1) is 0 Å². The predicted octanol–water partition coefficient (Wildman–Crippen LogP) is 1.75. The van der Waals surface area contributed by atoms with Crippen molar-refractivity contribution in [2.24, 2.45) is 5.73 Å². The summed E-state index contributed by atoms with van der Waals surface area (Å²) in [7, 11) is 0. The molecule has 0 saturated carbocycles. The Morgan fingerprint density at radius 2 is 2.33 bits per heavy atom. The van der Waals surface area contributed by atoms with Crippen molar-refractivity contribution < 1.29 is 4.79 Å². The first-order valence-electron chi connectivity index (χ1n) is 4.92. The van der Waals surface area contributed by atoms with Crippen LogP contribution < -0.4 is 5.73 Å². The number of nitrogens with two attached hydrogens (primary N) is 1. The molecule has 1 atom stereocenters. The van der Waals surface area contributed by atoms with E-state index in [9.17, 15) is 4.79 Å².